The van der Waals surface area contributed by atoms with Crippen LogP contribution in [0.5, 0.6) is 5.75 Å². The lowest BCUT2D eigenvalue weighted by Crippen LogP contribution is -2.42. The molecule has 1 aromatic rings. The van der Waals surface area contributed by atoms with Crippen molar-refractivity contribution in [2.45, 2.75) is 19.2 Å². The number of Topliss-reactive ketones (excluding diaryl/α,β-unsaturated/α-hetero) is 1. The summed E-state index contributed by atoms with van der Waals surface area (Å²) in [6.45, 7) is 1.54. The van der Waals surface area contributed by atoms with Crippen LogP contribution < -0.4 is 9.64 Å². The van der Waals surface area contributed by atoms with Crippen LogP contribution >= 0.6 is 0 Å². The second-order valence-electron chi connectivity index (χ2n) is 4.17. The van der Waals surface area contributed by atoms with E-state index in [-0.39, 0.29) is 17.3 Å². The fourth-order valence-corrected chi connectivity index (χ4v) is 1.82. The Bertz CT molecular complexity index is 554. The topological polar surface area (TPSA) is 46.6 Å². The van der Waals surface area contributed by atoms with Crippen LogP contribution in [0.2, 0.25) is 0 Å². The lowest BCUT2D eigenvalue weighted by atomic mass is 10.1. The molecule has 0 spiro atoms. The van der Waals surface area contributed by atoms with E-state index in [4.69, 9.17) is 4.74 Å². The highest BCUT2D eigenvalue weighted by Crippen LogP contribution is 2.35. The Kier molecular flexibility index (Phi) is 3.00. The van der Waals surface area contributed by atoms with E-state index in [0.29, 0.717) is 0 Å². The SMILES string of the molecule is CC1Oc2ccc(C(=O)C(F)(F)F)cc2N(C)C1=O. The predicted molar refractivity (Wildman–Crippen MR) is 60.3 cm³/mol. The molecule has 2 rings (SSSR count). The van der Waals surface area contributed by atoms with E-state index < -0.39 is 23.6 Å². The van der Waals surface area contributed by atoms with Gasteiger partial charge in [-0.1, -0.05) is 0 Å². The molecule has 1 aromatic carbocycles. The largest absolute Gasteiger partial charge is 0.479 e. The van der Waals surface area contributed by atoms with Gasteiger partial charge < -0.3 is 9.64 Å². The van der Waals surface area contributed by atoms with Gasteiger partial charge in [0.1, 0.15) is 5.75 Å². The molecular weight excluding hydrogens is 263 g/mol. The number of carbonyl (C=O) groups is 2. The number of benzene rings is 1. The number of halogens is 3. The highest BCUT2D eigenvalue weighted by molar-refractivity contribution is 6.04. The number of carbonyl (C=O) groups excluding carboxylic acids is 2. The smallest absolute Gasteiger partial charge is 0.454 e. The van der Waals surface area contributed by atoms with E-state index in [1.807, 2.05) is 0 Å². The van der Waals surface area contributed by atoms with Crippen molar-refractivity contribution in [3.05, 3.63) is 23.8 Å². The first-order valence-electron chi connectivity index (χ1n) is 5.41. The molecule has 0 saturated carbocycles. The third kappa shape index (κ3) is 2.27. The van der Waals surface area contributed by atoms with Gasteiger partial charge in [-0.25, -0.2) is 0 Å². The minimum atomic E-state index is -4.94. The Morgan fingerprint density at radius 3 is 2.58 bits per heavy atom. The van der Waals surface area contributed by atoms with Crippen molar-refractivity contribution >= 4 is 17.4 Å². The molecule has 1 unspecified atom stereocenters. The Morgan fingerprint density at radius 1 is 1.37 bits per heavy atom. The Morgan fingerprint density at radius 2 is 2.00 bits per heavy atom. The number of hydrogen-bond donors (Lipinski definition) is 0. The van der Waals surface area contributed by atoms with Gasteiger partial charge in [0.25, 0.3) is 11.7 Å². The number of hydrogen-bond acceptors (Lipinski definition) is 3. The van der Waals surface area contributed by atoms with Gasteiger partial charge in [-0.05, 0) is 25.1 Å². The average molecular weight is 273 g/mol. The van der Waals surface area contributed by atoms with Gasteiger partial charge in [-0.2, -0.15) is 13.2 Å². The van der Waals surface area contributed by atoms with Crippen LogP contribution in [0.4, 0.5) is 18.9 Å². The van der Waals surface area contributed by atoms with E-state index in [9.17, 15) is 22.8 Å². The molecule has 1 aliphatic rings. The molecule has 1 aliphatic heterocycles. The Labute approximate surface area is 106 Å². The zero-order valence-corrected chi connectivity index (χ0v) is 10.1. The molecule has 0 saturated heterocycles. The maximum atomic E-state index is 12.3. The summed E-state index contributed by atoms with van der Waals surface area (Å²) in [6.07, 6.45) is -5.65. The molecule has 19 heavy (non-hydrogen) atoms. The summed E-state index contributed by atoms with van der Waals surface area (Å²) in [6, 6.07) is 3.30. The summed E-state index contributed by atoms with van der Waals surface area (Å²) >= 11 is 0. The number of amides is 1. The van der Waals surface area contributed by atoms with E-state index in [2.05, 4.69) is 0 Å². The fourth-order valence-electron chi connectivity index (χ4n) is 1.82. The Hall–Kier alpha value is -2.05. The molecule has 1 atom stereocenters. The minimum absolute atomic E-state index is 0.151. The lowest BCUT2D eigenvalue weighted by Gasteiger charge is -2.30. The number of rotatable bonds is 1. The molecule has 1 heterocycles. The molecule has 7 heteroatoms. The van der Waals surface area contributed by atoms with Crippen molar-refractivity contribution in [2.24, 2.45) is 0 Å². The van der Waals surface area contributed by atoms with Crippen LogP contribution in [0.3, 0.4) is 0 Å². The monoisotopic (exact) mass is 273 g/mol. The number of fused-ring (bicyclic) bond motifs is 1. The van der Waals surface area contributed by atoms with Gasteiger partial charge in [0.05, 0.1) is 5.69 Å². The van der Waals surface area contributed by atoms with E-state index >= 15 is 0 Å². The van der Waals surface area contributed by atoms with E-state index in [0.717, 1.165) is 12.1 Å². The summed E-state index contributed by atoms with van der Waals surface area (Å²) in [7, 11) is 1.42. The lowest BCUT2D eigenvalue weighted by molar-refractivity contribution is -0.125. The number of likely N-dealkylation sites (N-methyl/N-ethyl adjacent to an activating group) is 1. The predicted octanol–water partition coefficient (Wildman–Crippen LogP) is 2.18. The number of nitrogens with zero attached hydrogens (tertiary/aromatic N) is 1. The molecule has 0 fully saturated rings. The van der Waals surface area contributed by atoms with Crippen LogP contribution in [0.1, 0.15) is 17.3 Å². The molecule has 0 radical (unpaired) electrons. The van der Waals surface area contributed by atoms with E-state index in [1.54, 1.807) is 0 Å². The molecular formula is C12H10F3NO3. The molecule has 0 aromatic heterocycles. The maximum absolute atomic E-state index is 12.3. The number of alkyl halides is 3. The average Bonchev–Trinajstić information content (AvgIpc) is 2.34. The molecule has 0 bridgehead atoms. The molecule has 1 amide bonds. The fraction of sp³-hybridized carbons (Fsp3) is 0.333. The van der Waals surface area contributed by atoms with Gasteiger partial charge >= 0.3 is 6.18 Å². The number of ether oxygens (including phenoxy) is 1. The standard InChI is InChI=1S/C12H10F3NO3/c1-6-11(18)16(2)8-5-7(3-4-9(8)19-6)10(17)12(13,14)15/h3-6H,1-2H3. The normalized spacial score (nSPS) is 18.9. The number of anilines is 1. The van der Waals surface area contributed by atoms with Gasteiger partial charge in [-0.3, -0.25) is 9.59 Å². The Balaban J connectivity index is 2.45. The van der Waals surface area contributed by atoms with Crippen LogP contribution in [-0.2, 0) is 4.79 Å². The third-order valence-corrected chi connectivity index (χ3v) is 2.82. The second-order valence-corrected chi connectivity index (χ2v) is 4.17. The van der Waals surface area contributed by atoms with Crippen molar-refractivity contribution in [3.63, 3.8) is 0 Å². The summed E-state index contributed by atoms with van der Waals surface area (Å²) in [5.74, 6) is -2.06. The van der Waals surface area contributed by atoms with Gasteiger partial charge in [-0.15, -0.1) is 0 Å². The van der Waals surface area contributed by atoms with Crippen LogP contribution in [0.15, 0.2) is 18.2 Å². The van der Waals surface area contributed by atoms with E-state index in [1.165, 1.54) is 24.9 Å². The second kappa shape index (κ2) is 4.25. The van der Waals surface area contributed by atoms with Crippen molar-refractivity contribution in [3.8, 4) is 5.75 Å². The highest BCUT2D eigenvalue weighted by Gasteiger charge is 2.40. The molecule has 0 aliphatic carbocycles. The number of ketones is 1. The summed E-state index contributed by atoms with van der Waals surface area (Å²) in [5.41, 5.74) is -0.373. The minimum Gasteiger partial charge on any atom is -0.479 e. The van der Waals surface area contributed by atoms with Gasteiger partial charge in [0.15, 0.2) is 6.10 Å². The highest BCUT2D eigenvalue weighted by atomic mass is 19.4. The van der Waals surface area contributed by atoms with Gasteiger partial charge in [0.2, 0.25) is 0 Å². The summed E-state index contributed by atoms with van der Waals surface area (Å²) in [5, 5.41) is 0. The van der Waals surface area contributed by atoms with Gasteiger partial charge in [0, 0.05) is 12.6 Å². The molecule has 0 N–H and O–H groups in total. The first-order valence-corrected chi connectivity index (χ1v) is 5.41. The summed E-state index contributed by atoms with van der Waals surface area (Å²) < 4.78 is 42.3. The maximum Gasteiger partial charge on any atom is 0.454 e. The zero-order chi connectivity index (χ0) is 14.4. The van der Waals surface area contributed by atoms with Crippen molar-refractivity contribution in [1.29, 1.82) is 0 Å². The van der Waals surface area contributed by atoms with Crippen molar-refractivity contribution < 1.29 is 27.5 Å². The molecule has 102 valence electrons. The van der Waals surface area contributed by atoms with Crippen molar-refractivity contribution in [2.75, 3.05) is 11.9 Å². The first kappa shape index (κ1) is 13.4. The summed E-state index contributed by atoms with van der Waals surface area (Å²) in [4.78, 5) is 24.0. The quantitative estimate of drug-likeness (QED) is 0.737. The van der Waals surface area contributed by atoms with Crippen LogP contribution in [0.25, 0.3) is 0 Å². The molecule has 4 nitrogen and oxygen atoms in total. The zero-order valence-electron chi connectivity index (χ0n) is 10.1. The van der Waals surface area contributed by atoms with Crippen LogP contribution in [-0.4, -0.2) is 31.0 Å². The van der Waals surface area contributed by atoms with Crippen molar-refractivity contribution in [1.82, 2.24) is 0 Å². The first-order chi connectivity index (χ1) is 8.71. The van der Waals surface area contributed by atoms with Crippen LogP contribution in [0, 0.1) is 0 Å². The third-order valence-electron chi connectivity index (χ3n) is 2.82.